The van der Waals surface area contributed by atoms with Crippen LogP contribution < -0.4 is 5.32 Å². The lowest BCUT2D eigenvalue weighted by molar-refractivity contribution is -0.162. The van der Waals surface area contributed by atoms with Crippen molar-refractivity contribution in [3.8, 4) is 0 Å². The Bertz CT molecular complexity index is 292. The maximum Gasteiger partial charge on any atom is 0.338 e. The number of rotatable bonds is 6. The minimum Gasteiger partial charge on any atom is -0.467 e. The number of piperidine rings is 1. The lowest BCUT2D eigenvalue weighted by atomic mass is 9.96. The van der Waals surface area contributed by atoms with Crippen molar-refractivity contribution in [2.45, 2.75) is 45.3 Å². The molecule has 0 aromatic carbocycles. The topological polar surface area (TPSA) is 61.8 Å². The maximum absolute atomic E-state index is 11.5. The van der Waals surface area contributed by atoms with Gasteiger partial charge in [-0.25, -0.2) is 4.79 Å². The molecule has 19 heavy (non-hydrogen) atoms. The van der Waals surface area contributed by atoms with Crippen molar-refractivity contribution in [1.29, 1.82) is 0 Å². The van der Waals surface area contributed by atoms with Gasteiger partial charge in [-0.3, -0.25) is 4.90 Å². The van der Waals surface area contributed by atoms with E-state index in [1.165, 1.54) is 20.5 Å². The summed E-state index contributed by atoms with van der Waals surface area (Å²) in [6.45, 7) is 9.00. The molecule has 0 amide bonds. The molecule has 1 fully saturated rings. The number of ether oxygens (including phenoxy) is 1. The summed E-state index contributed by atoms with van der Waals surface area (Å²) in [7, 11) is 1.31. The largest absolute Gasteiger partial charge is 0.467 e. The van der Waals surface area contributed by atoms with Gasteiger partial charge in [0.2, 0.25) is 0 Å². The van der Waals surface area contributed by atoms with Crippen molar-refractivity contribution < 1.29 is 14.6 Å². The molecule has 1 rings (SSSR count). The summed E-state index contributed by atoms with van der Waals surface area (Å²) in [6, 6.07) is 0.494. The molecule has 112 valence electrons. The van der Waals surface area contributed by atoms with Crippen molar-refractivity contribution in [2.24, 2.45) is 5.92 Å². The van der Waals surface area contributed by atoms with Gasteiger partial charge in [-0.15, -0.1) is 0 Å². The molecule has 0 bridgehead atoms. The van der Waals surface area contributed by atoms with Crippen LogP contribution in [0.5, 0.6) is 0 Å². The number of hydrogen-bond acceptors (Lipinski definition) is 5. The van der Waals surface area contributed by atoms with Gasteiger partial charge in [0.05, 0.1) is 7.11 Å². The van der Waals surface area contributed by atoms with E-state index in [1.807, 2.05) is 0 Å². The Labute approximate surface area is 116 Å². The second kappa shape index (κ2) is 7.22. The number of carbonyl (C=O) groups excluding carboxylic acids is 1. The van der Waals surface area contributed by atoms with E-state index in [9.17, 15) is 9.90 Å². The van der Waals surface area contributed by atoms with Gasteiger partial charge in [-0.2, -0.15) is 0 Å². The Kier molecular flexibility index (Phi) is 6.23. The van der Waals surface area contributed by atoms with Crippen LogP contribution in [0.25, 0.3) is 0 Å². The van der Waals surface area contributed by atoms with Crippen LogP contribution in [0.15, 0.2) is 0 Å². The number of esters is 1. The number of nitrogens with zero attached hydrogens (tertiary/aromatic N) is 1. The summed E-state index contributed by atoms with van der Waals surface area (Å²) in [4.78, 5) is 13.7. The SMILES string of the molecule is COC(=O)C(C)(O)CN1CCCC(CNC(C)C)C1. The van der Waals surface area contributed by atoms with E-state index >= 15 is 0 Å². The zero-order valence-corrected chi connectivity index (χ0v) is 12.6. The van der Waals surface area contributed by atoms with Gasteiger partial charge < -0.3 is 15.2 Å². The molecule has 2 unspecified atom stereocenters. The molecule has 2 atom stereocenters. The molecule has 0 aliphatic carbocycles. The van der Waals surface area contributed by atoms with Gasteiger partial charge in [-0.05, 0) is 38.8 Å². The summed E-state index contributed by atoms with van der Waals surface area (Å²) in [5.41, 5.74) is -1.41. The predicted molar refractivity (Wildman–Crippen MR) is 74.9 cm³/mol. The highest BCUT2D eigenvalue weighted by atomic mass is 16.5. The van der Waals surface area contributed by atoms with Crippen molar-refractivity contribution >= 4 is 5.97 Å². The maximum atomic E-state index is 11.5. The number of carbonyl (C=O) groups is 1. The van der Waals surface area contributed by atoms with Gasteiger partial charge in [-0.1, -0.05) is 13.8 Å². The fourth-order valence-electron chi connectivity index (χ4n) is 2.58. The molecule has 2 N–H and O–H groups in total. The summed E-state index contributed by atoms with van der Waals surface area (Å²) >= 11 is 0. The molecule has 5 nitrogen and oxygen atoms in total. The molecule has 5 heteroatoms. The van der Waals surface area contributed by atoms with Crippen molar-refractivity contribution in [2.75, 3.05) is 33.3 Å². The van der Waals surface area contributed by atoms with Crippen LogP contribution in [0.1, 0.15) is 33.6 Å². The smallest absolute Gasteiger partial charge is 0.338 e. The average Bonchev–Trinajstić information content (AvgIpc) is 2.35. The zero-order valence-electron chi connectivity index (χ0n) is 12.6. The highest BCUT2D eigenvalue weighted by molar-refractivity contribution is 5.78. The quantitative estimate of drug-likeness (QED) is 0.694. The molecule has 0 aromatic heterocycles. The van der Waals surface area contributed by atoms with E-state index < -0.39 is 11.6 Å². The lowest BCUT2D eigenvalue weighted by Crippen LogP contribution is -2.51. The first-order chi connectivity index (χ1) is 8.85. The Morgan fingerprint density at radius 3 is 2.84 bits per heavy atom. The van der Waals surface area contributed by atoms with Crippen LogP contribution in [0, 0.1) is 5.92 Å². The number of β-amino-alcohol motifs (C(OH)–C–C–N with tert-alkyl or cyclic N) is 1. The predicted octanol–water partition coefficient (Wildman–Crippen LogP) is 0.620. The van der Waals surface area contributed by atoms with Crippen molar-refractivity contribution in [3.05, 3.63) is 0 Å². The first kappa shape index (κ1) is 16.4. The summed E-state index contributed by atoms with van der Waals surface area (Å²) in [5.74, 6) is 0.0273. The summed E-state index contributed by atoms with van der Waals surface area (Å²) in [5, 5.41) is 13.6. The van der Waals surface area contributed by atoms with E-state index in [2.05, 4.69) is 28.8 Å². The zero-order chi connectivity index (χ0) is 14.5. The van der Waals surface area contributed by atoms with E-state index in [4.69, 9.17) is 0 Å². The molecule has 1 saturated heterocycles. The fourth-order valence-corrected chi connectivity index (χ4v) is 2.58. The van der Waals surface area contributed by atoms with Crippen molar-refractivity contribution in [1.82, 2.24) is 10.2 Å². The minimum atomic E-state index is -1.41. The van der Waals surface area contributed by atoms with Gasteiger partial charge in [0.1, 0.15) is 0 Å². The van der Waals surface area contributed by atoms with E-state index in [0.29, 0.717) is 18.5 Å². The van der Waals surface area contributed by atoms with Crippen LogP contribution in [0.3, 0.4) is 0 Å². The van der Waals surface area contributed by atoms with Crippen LogP contribution in [0.2, 0.25) is 0 Å². The highest BCUT2D eigenvalue weighted by Gasteiger charge is 2.35. The third-order valence-corrected chi connectivity index (χ3v) is 3.57. The molecule has 1 aliphatic heterocycles. The summed E-state index contributed by atoms with van der Waals surface area (Å²) < 4.78 is 4.63. The molecular weight excluding hydrogens is 244 g/mol. The first-order valence-electron chi connectivity index (χ1n) is 7.11. The molecular formula is C14H28N2O3. The fraction of sp³-hybridized carbons (Fsp3) is 0.929. The first-order valence-corrected chi connectivity index (χ1v) is 7.11. The molecule has 1 aliphatic rings. The number of likely N-dealkylation sites (tertiary alicyclic amines) is 1. The minimum absolute atomic E-state index is 0.345. The van der Waals surface area contributed by atoms with Gasteiger partial charge in [0.25, 0.3) is 0 Å². The molecule has 0 saturated carbocycles. The standard InChI is InChI=1S/C14H28N2O3/c1-11(2)15-8-12-6-5-7-16(9-12)10-14(3,18)13(17)19-4/h11-12,15,18H,5-10H2,1-4H3. The lowest BCUT2D eigenvalue weighted by Gasteiger charge is -2.36. The van der Waals surface area contributed by atoms with Crippen LogP contribution in [-0.2, 0) is 9.53 Å². The summed E-state index contributed by atoms with van der Waals surface area (Å²) in [6.07, 6.45) is 2.32. The van der Waals surface area contributed by atoms with E-state index in [1.54, 1.807) is 0 Å². The van der Waals surface area contributed by atoms with Crippen molar-refractivity contribution in [3.63, 3.8) is 0 Å². The Morgan fingerprint density at radius 1 is 1.58 bits per heavy atom. The average molecular weight is 272 g/mol. The highest BCUT2D eigenvalue weighted by Crippen LogP contribution is 2.19. The molecule has 0 radical (unpaired) electrons. The number of methoxy groups -OCH3 is 1. The normalized spacial score (nSPS) is 24.2. The van der Waals surface area contributed by atoms with E-state index in [0.717, 1.165) is 26.1 Å². The Hall–Kier alpha value is -0.650. The third-order valence-electron chi connectivity index (χ3n) is 3.57. The van der Waals surface area contributed by atoms with Crippen LogP contribution in [0.4, 0.5) is 0 Å². The number of hydrogen-bond donors (Lipinski definition) is 2. The van der Waals surface area contributed by atoms with Crippen LogP contribution in [-0.4, -0.2) is 60.9 Å². The molecule has 1 heterocycles. The van der Waals surface area contributed by atoms with Gasteiger partial charge in [0.15, 0.2) is 5.60 Å². The number of aliphatic hydroxyl groups is 1. The molecule has 0 spiro atoms. The number of nitrogens with one attached hydrogen (secondary N) is 1. The Morgan fingerprint density at radius 2 is 2.26 bits per heavy atom. The second-order valence-electron chi connectivity index (χ2n) is 6.07. The second-order valence-corrected chi connectivity index (χ2v) is 6.07. The Balaban J connectivity index is 2.44. The van der Waals surface area contributed by atoms with Gasteiger partial charge in [0, 0.05) is 19.1 Å². The van der Waals surface area contributed by atoms with Gasteiger partial charge >= 0.3 is 5.97 Å². The third kappa shape index (κ3) is 5.47. The van der Waals surface area contributed by atoms with E-state index in [-0.39, 0.29) is 0 Å². The van der Waals surface area contributed by atoms with Crippen LogP contribution >= 0.6 is 0 Å². The molecule has 0 aromatic rings. The monoisotopic (exact) mass is 272 g/mol.